The number of aromatic nitrogens is 2. The molecule has 2 N–H and O–H groups in total. The number of rotatable bonds is 6. The van der Waals surface area contributed by atoms with Gasteiger partial charge in [-0.1, -0.05) is 11.6 Å². The summed E-state index contributed by atoms with van der Waals surface area (Å²) in [6.07, 6.45) is 1.32. The Balaban J connectivity index is 1.72. The zero-order valence-electron chi connectivity index (χ0n) is 14.7. The van der Waals surface area contributed by atoms with Crippen LogP contribution >= 0.6 is 11.6 Å². The van der Waals surface area contributed by atoms with Gasteiger partial charge in [-0.25, -0.2) is 9.97 Å². The second-order valence-electron chi connectivity index (χ2n) is 5.45. The van der Waals surface area contributed by atoms with Crippen LogP contribution in [0.1, 0.15) is 10.5 Å². The first-order valence-corrected chi connectivity index (χ1v) is 8.35. The van der Waals surface area contributed by atoms with Crippen LogP contribution in [0.5, 0.6) is 11.5 Å². The van der Waals surface area contributed by atoms with E-state index in [2.05, 4.69) is 20.6 Å². The van der Waals surface area contributed by atoms with Crippen LogP contribution in [0.3, 0.4) is 0 Å². The smallest absolute Gasteiger partial charge is 0.274 e. The fraction of sp³-hybridized carbons (Fsp3) is 0.105. The van der Waals surface area contributed by atoms with Crippen molar-refractivity contribution in [3.05, 3.63) is 65.6 Å². The topological polar surface area (TPSA) is 85.4 Å². The van der Waals surface area contributed by atoms with Crippen molar-refractivity contribution in [3.8, 4) is 11.5 Å². The van der Waals surface area contributed by atoms with E-state index in [0.29, 0.717) is 22.3 Å². The largest absolute Gasteiger partial charge is 0.497 e. The standard InChI is InChI=1S/C19H17ClN4O3/c1-26-14-6-3-12(4-7-14)23-18-10-16(21-11-22-18)19(25)24-13-5-8-17(27-2)15(20)9-13/h3-11H,1-2H3,(H,24,25)(H,21,22,23). The lowest BCUT2D eigenvalue weighted by Gasteiger charge is -2.09. The lowest BCUT2D eigenvalue weighted by Crippen LogP contribution is -2.14. The minimum Gasteiger partial charge on any atom is -0.497 e. The molecular formula is C19H17ClN4O3. The third-order valence-electron chi connectivity index (χ3n) is 3.67. The SMILES string of the molecule is COc1ccc(Nc2cc(C(=O)Nc3ccc(OC)c(Cl)c3)ncn2)cc1. The molecule has 0 atom stereocenters. The van der Waals surface area contributed by atoms with Crippen molar-refractivity contribution in [3.63, 3.8) is 0 Å². The molecule has 0 aliphatic rings. The van der Waals surface area contributed by atoms with Gasteiger partial charge in [-0.05, 0) is 42.5 Å². The highest BCUT2D eigenvalue weighted by molar-refractivity contribution is 6.32. The summed E-state index contributed by atoms with van der Waals surface area (Å²) >= 11 is 6.08. The summed E-state index contributed by atoms with van der Waals surface area (Å²) in [6.45, 7) is 0. The van der Waals surface area contributed by atoms with E-state index in [1.165, 1.54) is 13.4 Å². The summed E-state index contributed by atoms with van der Waals surface area (Å²) in [6, 6.07) is 13.9. The number of carbonyl (C=O) groups excluding carboxylic acids is 1. The molecule has 27 heavy (non-hydrogen) atoms. The Kier molecular flexibility index (Phi) is 5.73. The minimum absolute atomic E-state index is 0.216. The fourth-order valence-electron chi connectivity index (χ4n) is 2.31. The first kappa shape index (κ1) is 18.5. The molecule has 3 aromatic rings. The van der Waals surface area contributed by atoms with Crippen LogP contribution in [0.25, 0.3) is 0 Å². The average Bonchev–Trinajstić information content (AvgIpc) is 2.69. The Morgan fingerprint density at radius 2 is 1.70 bits per heavy atom. The Labute approximate surface area is 161 Å². The van der Waals surface area contributed by atoms with Gasteiger partial charge in [-0.15, -0.1) is 0 Å². The van der Waals surface area contributed by atoms with Gasteiger partial charge in [-0.3, -0.25) is 4.79 Å². The number of halogens is 1. The number of hydrogen-bond acceptors (Lipinski definition) is 6. The van der Waals surface area contributed by atoms with Gasteiger partial charge >= 0.3 is 0 Å². The number of anilines is 3. The van der Waals surface area contributed by atoms with E-state index >= 15 is 0 Å². The van der Waals surface area contributed by atoms with E-state index in [-0.39, 0.29) is 11.6 Å². The van der Waals surface area contributed by atoms with E-state index in [1.807, 2.05) is 24.3 Å². The second kappa shape index (κ2) is 8.37. The van der Waals surface area contributed by atoms with Gasteiger partial charge in [0.2, 0.25) is 0 Å². The minimum atomic E-state index is -0.378. The molecule has 0 aliphatic heterocycles. The molecule has 7 nitrogen and oxygen atoms in total. The summed E-state index contributed by atoms with van der Waals surface area (Å²) in [4.78, 5) is 20.6. The lowest BCUT2D eigenvalue weighted by molar-refractivity contribution is 0.102. The molecule has 0 bridgehead atoms. The van der Waals surface area contributed by atoms with Gasteiger partial charge in [0, 0.05) is 17.4 Å². The molecule has 0 radical (unpaired) electrons. The summed E-state index contributed by atoms with van der Waals surface area (Å²) in [5, 5.41) is 6.26. The zero-order valence-corrected chi connectivity index (χ0v) is 15.4. The first-order chi connectivity index (χ1) is 13.1. The Morgan fingerprint density at radius 1 is 0.963 bits per heavy atom. The predicted molar refractivity (Wildman–Crippen MR) is 104 cm³/mol. The lowest BCUT2D eigenvalue weighted by atomic mass is 10.2. The number of methoxy groups -OCH3 is 2. The quantitative estimate of drug-likeness (QED) is 0.664. The number of benzene rings is 2. The predicted octanol–water partition coefficient (Wildman–Crippen LogP) is 4.14. The maximum Gasteiger partial charge on any atom is 0.274 e. The summed E-state index contributed by atoms with van der Waals surface area (Å²) in [5.74, 6) is 1.40. The molecule has 138 valence electrons. The van der Waals surface area contributed by atoms with Crippen molar-refractivity contribution in [2.75, 3.05) is 24.9 Å². The molecule has 0 saturated heterocycles. The third-order valence-corrected chi connectivity index (χ3v) is 3.97. The highest BCUT2D eigenvalue weighted by atomic mass is 35.5. The molecule has 2 aromatic carbocycles. The maximum atomic E-state index is 12.4. The molecule has 1 heterocycles. The first-order valence-electron chi connectivity index (χ1n) is 7.97. The average molecular weight is 385 g/mol. The summed E-state index contributed by atoms with van der Waals surface area (Å²) in [5.41, 5.74) is 1.56. The Morgan fingerprint density at radius 3 is 2.37 bits per heavy atom. The van der Waals surface area contributed by atoms with Crippen LogP contribution < -0.4 is 20.1 Å². The van der Waals surface area contributed by atoms with E-state index < -0.39 is 0 Å². The number of hydrogen-bond donors (Lipinski definition) is 2. The van der Waals surface area contributed by atoms with E-state index in [0.717, 1.165) is 11.4 Å². The Bertz CT molecular complexity index is 948. The number of carbonyl (C=O) groups is 1. The maximum absolute atomic E-state index is 12.4. The van der Waals surface area contributed by atoms with Gasteiger partial charge in [0.25, 0.3) is 5.91 Å². The summed E-state index contributed by atoms with van der Waals surface area (Å²) < 4.78 is 10.2. The van der Waals surface area contributed by atoms with Crippen molar-refractivity contribution in [2.24, 2.45) is 0 Å². The normalized spacial score (nSPS) is 10.2. The van der Waals surface area contributed by atoms with Crippen LogP contribution in [-0.4, -0.2) is 30.1 Å². The van der Waals surface area contributed by atoms with E-state index in [4.69, 9.17) is 21.1 Å². The van der Waals surface area contributed by atoms with Crippen LogP contribution in [-0.2, 0) is 0 Å². The highest BCUT2D eigenvalue weighted by Gasteiger charge is 2.11. The van der Waals surface area contributed by atoms with E-state index in [1.54, 1.807) is 31.4 Å². The van der Waals surface area contributed by atoms with Gasteiger partial charge < -0.3 is 20.1 Å². The third kappa shape index (κ3) is 4.65. The molecule has 3 rings (SSSR count). The van der Waals surface area contributed by atoms with Gasteiger partial charge in [0.1, 0.15) is 29.3 Å². The molecule has 0 fully saturated rings. The monoisotopic (exact) mass is 384 g/mol. The molecule has 0 spiro atoms. The van der Waals surface area contributed by atoms with Crippen molar-refractivity contribution >= 4 is 34.7 Å². The van der Waals surface area contributed by atoms with Crippen LogP contribution in [0.2, 0.25) is 5.02 Å². The van der Waals surface area contributed by atoms with Crippen molar-refractivity contribution in [1.82, 2.24) is 9.97 Å². The van der Waals surface area contributed by atoms with Gasteiger partial charge in [0.15, 0.2) is 0 Å². The fourth-order valence-corrected chi connectivity index (χ4v) is 2.57. The number of ether oxygens (including phenoxy) is 2. The molecule has 1 amide bonds. The van der Waals surface area contributed by atoms with E-state index in [9.17, 15) is 4.79 Å². The number of nitrogens with zero attached hydrogens (tertiary/aromatic N) is 2. The van der Waals surface area contributed by atoms with Crippen LogP contribution in [0.15, 0.2) is 54.9 Å². The highest BCUT2D eigenvalue weighted by Crippen LogP contribution is 2.27. The Hall–Kier alpha value is -3.32. The van der Waals surface area contributed by atoms with Crippen molar-refractivity contribution in [1.29, 1.82) is 0 Å². The van der Waals surface area contributed by atoms with Crippen LogP contribution in [0, 0.1) is 0 Å². The van der Waals surface area contributed by atoms with Crippen molar-refractivity contribution < 1.29 is 14.3 Å². The van der Waals surface area contributed by atoms with Gasteiger partial charge in [-0.2, -0.15) is 0 Å². The molecule has 0 unspecified atom stereocenters. The number of amides is 1. The van der Waals surface area contributed by atoms with Crippen LogP contribution in [0.4, 0.5) is 17.2 Å². The van der Waals surface area contributed by atoms with Gasteiger partial charge in [0.05, 0.1) is 19.2 Å². The molecule has 1 aromatic heterocycles. The number of nitrogens with one attached hydrogen (secondary N) is 2. The molecular weight excluding hydrogens is 368 g/mol. The summed E-state index contributed by atoms with van der Waals surface area (Å²) in [7, 11) is 3.13. The van der Waals surface area contributed by atoms with Crippen molar-refractivity contribution in [2.45, 2.75) is 0 Å². The molecule has 0 saturated carbocycles. The molecule has 8 heteroatoms. The second-order valence-corrected chi connectivity index (χ2v) is 5.85. The zero-order chi connectivity index (χ0) is 19.2. The molecule has 0 aliphatic carbocycles.